The van der Waals surface area contributed by atoms with Crippen LogP contribution in [0.3, 0.4) is 0 Å². The van der Waals surface area contributed by atoms with Gasteiger partial charge in [0.2, 0.25) is 0 Å². The van der Waals surface area contributed by atoms with Gasteiger partial charge in [-0.25, -0.2) is 0 Å². The predicted octanol–water partition coefficient (Wildman–Crippen LogP) is 2.04. The van der Waals surface area contributed by atoms with Gasteiger partial charge in [-0.3, -0.25) is 9.88 Å². The Balaban J connectivity index is 2.49. The summed E-state index contributed by atoms with van der Waals surface area (Å²) in [5, 5.41) is 12.1. The molecule has 0 aromatic carbocycles. The van der Waals surface area contributed by atoms with Crippen molar-refractivity contribution >= 4 is 0 Å². The molecule has 1 N–H and O–H groups in total. The topological polar surface area (TPSA) is 52.0 Å². The van der Waals surface area contributed by atoms with Crippen molar-refractivity contribution in [2.45, 2.75) is 26.8 Å². The Labute approximate surface area is 116 Å². The highest BCUT2D eigenvalue weighted by Crippen LogP contribution is 2.07. The molecule has 1 unspecified atom stereocenters. The Kier molecular flexibility index (Phi) is 7.80. The largest absolute Gasteiger partial charge is 0.317 e. The zero-order valence-electron chi connectivity index (χ0n) is 12.0. The maximum atomic E-state index is 8.76. The van der Waals surface area contributed by atoms with Gasteiger partial charge in [0.05, 0.1) is 6.07 Å². The Morgan fingerprint density at radius 2 is 2.37 bits per heavy atom. The monoisotopic (exact) mass is 260 g/mol. The average molecular weight is 260 g/mol. The highest BCUT2D eigenvalue weighted by molar-refractivity contribution is 5.08. The van der Waals surface area contributed by atoms with Gasteiger partial charge in [0.15, 0.2) is 0 Å². The minimum atomic E-state index is 0.578. The number of nitriles is 1. The van der Waals surface area contributed by atoms with E-state index in [4.69, 9.17) is 5.26 Å². The average Bonchev–Trinajstić information content (AvgIpc) is 2.43. The second-order valence-electron chi connectivity index (χ2n) is 4.92. The Hall–Kier alpha value is -1.44. The molecule has 1 rings (SSSR count). The number of pyridine rings is 1. The van der Waals surface area contributed by atoms with Crippen LogP contribution >= 0.6 is 0 Å². The first-order valence-corrected chi connectivity index (χ1v) is 6.95. The Bertz CT molecular complexity index is 371. The lowest BCUT2D eigenvalue weighted by Crippen LogP contribution is -2.33. The van der Waals surface area contributed by atoms with Crippen molar-refractivity contribution in [2.24, 2.45) is 5.92 Å². The van der Waals surface area contributed by atoms with E-state index in [1.807, 2.05) is 12.3 Å². The lowest BCUT2D eigenvalue weighted by atomic mass is 10.1. The zero-order valence-corrected chi connectivity index (χ0v) is 12.0. The Morgan fingerprint density at radius 1 is 1.53 bits per heavy atom. The van der Waals surface area contributed by atoms with E-state index in [2.05, 4.69) is 41.2 Å². The van der Waals surface area contributed by atoms with Crippen LogP contribution in [0.2, 0.25) is 0 Å². The number of aromatic nitrogens is 1. The van der Waals surface area contributed by atoms with Gasteiger partial charge in [-0.05, 0) is 30.6 Å². The molecular formula is C15H24N4. The molecule has 0 bridgehead atoms. The van der Waals surface area contributed by atoms with Gasteiger partial charge in [-0.1, -0.05) is 19.9 Å². The third kappa shape index (κ3) is 6.90. The van der Waals surface area contributed by atoms with Crippen LogP contribution in [0.25, 0.3) is 0 Å². The SMILES string of the molecule is CCNCC(C)CN(CCC#N)Cc1cccnc1. The van der Waals surface area contributed by atoms with Crippen molar-refractivity contribution in [2.75, 3.05) is 26.2 Å². The number of hydrogen-bond acceptors (Lipinski definition) is 4. The number of rotatable bonds is 9. The number of nitrogens with one attached hydrogen (secondary N) is 1. The molecule has 0 aliphatic heterocycles. The van der Waals surface area contributed by atoms with Crippen LogP contribution in [0.15, 0.2) is 24.5 Å². The van der Waals surface area contributed by atoms with E-state index < -0.39 is 0 Å². The van der Waals surface area contributed by atoms with Crippen molar-refractivity contribution in [3.05, 3.63) is 30.1 Å². The lowest BCUT2D eigenvalue weighted by Gasteiger charge is -2.25. The maximum Gasteiger partial charge on any atom is 0.0635 e. The molecule has 1 aromatic rings. The number of hydrogen-bond donors (Lipinski definition) is 1. The summed E-state index contributed by atoms with van der Waals surface area (Å²) in [6.45, 7) is 9.08. The van der Waals surface area contributed by atoms with E-state index >= 15 is 0 Å². The summed E-state index contributed by atoms with van der Waals surface area (Å²) < 4.78 is 0. The van der Waals surface area contributed by atoms with Crippen molar-refractivity contribution in [3.8, 4) is 6.07 Å². The van der Waals surface area contributed by atoms with Gasteiger partial charge >= 0.3 is 0 Å². The van der Waals surface area contributed by atoms with Crippen LogP contribution in [0.4, 0.5) is 0 Å². The standard InChI is InChI=1S/C15H24N4/c1-3-17-10-14(2)12-19(9-5-7-16)13-15-6-4-8-18-11-15/h4,6,8,11,14,17H,3,5,9-10,12-13H2,1-2H3. The van der Waals surface area contributed by atoms with Gasteiger partial charge < -0.3 is 5.32 Å². The first-order valence-electron chi connectivity index (χ1n) is 6.95. The fourth-order valence-corrected chi connectivity index (χ4v) is 2.09. The van der Waals surface area contributed by atoms with Crippen LogP contribution in [0, 0.1) is 17.2 Å². The van der Waals surface area contributed by atoms with Crippen molar-refractivity contribution < 1.29 is 0 Å². The molecular weight excluding hydrogens is 236 g/mol. The summed E-state index contributed by atoms with van der Waals surface area (Å²) in [6.07, 6.45) is 4.26. The first kappa shape index (κ1) is 15.6. The minimum Gasteiger partial charge on any atom is -0.317 e. The predicted molar refractivity (Wildman–Crippen MR) is 77.5 cm³/mol. The van der Waals surface area contributed by atoms with Crippen LogP contribution < -0.4 is 5.32 Å². The third-order valence-corrected chi connectivity index (χ3v) is 2.98. The molecule has 1 atom stereocenters. The molecule has 0 aliphatic rings. The molecule has 0 saturated heterocycles. The molecule has 0 amide bonds. The van der Waals surface area contributed by atoms with Crippen molar-refractivity contribution in [1.82, 2.24) is 15.2 Å². The molecule has 104 valence electrons. The molecule has 0 saturated carbocycles. The highest BCUT2D eigenvalue weighted by atomic mass is 15.1. The van der Waals surface area contributed by atoms with E-state index in [-0.39, 0.29) is 0 Å². The molecule has 4 nitrogen and oxygen atoms in total. The minimum absolute atomic E-state index is 0.578. The van der Waals surface area contributed by atoms with Gasteiger partial charge in [-0.15, -0.1) is 0 Å². The Morgan fingerprint density at radius 3 is 3.00 bits per heavy atom. The zero-order chi connectivity index (χ0) is 13.9. The van der Waals surface area contributed by atoms with Crippen LogP contribution in [-0.2, 0) is 6.54 Å². The van der Waals surface area contributed by atoms with Crippen LogP contribution in [0.5, 0.6) is 0 Å². The van der Waals surface area contributed by atoms with E-state index in [0.29, 0.717) is 12.3 Å². The second-order valence-corrected chi connectivity index (χ2v) is 4.92. The van der Waals surface area contributed by atoms with E-state index in [1.165, 1.54) is 5.56 Å². The van der Waals surface area contributed by atoms with E-state index in [1.54, 1.807) is 6.20 Å². The summed E-state index contributed by atoms with van der Waals surface area (Å²) in [6, 6.07) is 6.27. The molecule has 0 aliphatic carbocycles. The smallest absolute Gasteiger partial charge is 0.0635 e. The van der Waals surface area contributed by atoms with Crippen LogP contribution in [0.1, 0.15) is 25.8 Å². The molecule has 0 spiro atoms. The lowest BCUT2D eigenvalue weighted by molar-refractivity contribution is 0.231. The van der Waals surface area contributed by atoms with Gasteiger partial charge in [-0.2, -0.15) is 5.26 Å². The van der Waals surface area contributed by atoms with Crippen LogP contribution in [-0.4, -0.2) is 36.1 Å². The molecule has 1 heterocycles. The van der Waals surface area contributed by atoms with E-state index in [0.717, 1.165) is 32.7 Å². The van der Waals surface area contributed by atoms with Crippen molar-refractivity contribution in [3.63, 3.8) is 0 Å². The summed E-state index contributed by atoms with van der Waals surface area (Å²) >= 11 is 0. The summed E-state index contributed by atoms with van der Waals surface area (Å²) in [4.78, 5) is 6.48. The molecule has 19 heavy (non-hydrogen) atoms. The van der Waals surface area contributed by atoms with Gasteiger partial charge in [0.25, 0.3) is 0 Å². The van der Waals surface area contributed by atoms with E-state index in [9.17, 15) is 0 Å². The third-order valence-electron chi connectivity index (χ3n) is 2.98. The summed E-state index contributed by atoms with van der Waals surface area (Å²) in [5.74, 6) is 0.579. The molecule has 0 radical (unpaired) electrons. The van der Waals surface area contributed by atoms with Gasteiger partial charge in [0.1, 0.15) is 0 Å². The molecule has 1 aromatic heterocycles. The summed E-state index contributed by atoms with van der Waals surface area (Å²) in [7, 11) is 0. The highest BCUT2D eigenvalue weighted by Gasteiger charge is 2.10. The molecule has 4 heteroatoms. The van der Waals surface area contributed by atoms with Crippen molar-refractivity contribution in [1.29, 1.82) is 5.26 Å². The normalized spacial score (nSPS) is 12.3. The second kappa shape index (κ2) is 9.48. The quantitative estimate of drug-likeness (QED) is 0.738. The number of nitrogens with zero attached hydrogens (tertiary/aromatic N) is 3. The fourth-order valence-electron chi connectivity index (χ4n) is 2.09. The molecule has 0 fully saturated rings. The fraction of sp³-hybridized carbons (Fsp3) is 0.600. The first-order chi connectivity index (χ1) is 9.26. The maximum absolute atomic E-state index is 8.76. The van der Waals surface area contributed by atoms with Gasteiger partial charge in [0, 0.05) is 38.4 Å². The summed E-state index contributed by atoms with van der Waals surface area (Å²) in [5.41, 5.74) is 1.20.